The maximum absolute atomic E-state index is 12.0. The Morgan fingerprint density at radius 2 is 1.79 bits per heavy atom. The zero-order chi connectivity index (χ0) is 14.3. The highest BCUT2D eigenvalue weighted by Crippen LogP contribution is 2.21. The van der Waals surface area contributed by atoms with Gasteiger partial charge in [0.1, 0.15) is 6.10 Å². The number of amides is 1. The van der Waals surface area contributed by atoms with Gasteiger partial charge in [-0.25, -0.2) is 0 Å². The number of aliphatic hydroxyl groups is 1. The summed E-state index contributed by atoms with van der Waals surface area (Å²) in [7, 11) is 0. The monoisotopic (exact) mass is 271 g/mol. The first-order valence-electron chi connectivity index (χ1n) is 7.61. The second-order valence-electron chi connectivity index (χ2n) is 5.93. The molecule has 4 heteroatoms. The predicted octanol–water partition coefficient (Wildman–Crippen LogP) is 2.25. The van der Waals surface area contributed by atoms with Crippen molar-refractivity contribution in [3.8, 4) is 0 Å². The first-order valence-corrected chi connectivity index (χ1v) is 7.61. The molecule has 1 aliphatic rings. The average Bonchev–Trinajstić information content (AvgIpc) is 2.63. The van der Waals surface area contributed by atoms with E-state index < -0.39 is 6.10 Å². The Labute approximate surface area is 116 Å². The van der Waals surface area contributed by atoms with Crippen molar-refractivity contribution in [2.45, 2.75) is 77.5 Å². The lowest BCUT2D eigenvalue weighted by molar-refractivity contribution is -0.137. The molecule has 0 bridgehead atoms. The Morgan fingerprint density at radius 3 is 2.26 bits per heavy atom. The van der Waals surface area contributed by atoms with Crippen LogP contribution in [0.25, 0.3) is 0 Å². The molecule has 1 saturated carbocycles. The summed E-state index contributed by atoms with van der Waals surface area (Å²) < 4.78 is 5.86. The molecule has 1 amide bonds. The molecule has 112 valence electrons. The second-order valence-corrected chi connectivity index (χ2v) is 5.93. The molecule has 0 aliphatic heterocycles. The van der Waals surface area contributed by atoms with Crippen molar-refractivity contribution in [2.75, 3.05) is 6.61 Å². The summed E-state index contributed by atoms with van der Waals surface area (Å²) in [5.41, 5.74) is 0. The third kappa shape index (κ3) is 5.91. The molecular weight excluding hydrogens is 242 g/mol. The van der Waals surface area contributed by atoms with Crippen LogP contribution in [0.4, 0.5) is 0 Å². The van der Waals surface area contributed by atoms with Gasteiger partial charge in [0.05, 0.1) is 18.8 Å². The van der Waals surface area contributed by atoms with Crippen LogP contribution in [-0.4, -0.2) is 35.9 Å². The Hall–Kier alpha value is -0.610. The molecule has 0 aromatic rings. The van der Waals surface area contributed by atoms with Gasteiger partial charge >= 0.3 is 0 Å². The highest BCUT2D eigenvalue weighted by Gasteiger charge is 2.23. The van der Waals surface area contributed by atoms with Gasteiger partial charge < -0.3 is 15.2 Å². The smallest absolute Gasteiger partial charge is 0.249 e. The van der Waals surface area contributed by atoms with E-state index >= 15 is 0 Å². The minimum absolute atomic E-state index is 0.0282. The Bertz CT molecular complexity index is 260. The molecule has 0 spiro atoms. The predicted molar refractivity (Wildman–Crippen MR) is 75.9 cm³/mol. The SMILES string of the molecule is CC(OC1CCCCCC1)C(=O)N[C@H](CO)C(C)C. The average molecular weight is 271 g/mol. The molecule has 1 fully saturated rings. The van der Waals surface area contributed by atoms with E-state index in [0.717, 1.165) is 12.8 Å². The van der Waals surface area contributed by atoms with Crippen molar-refractivity contribution in [1.29, 1.82) is 0 Å². The van der Waals surface area contributed by atoms with Gasteiger partial charge in [0.25, 0.3) is 0 Å². The van der Waals surface area contributed by atoms with E-state index in [0.29, 0.717) is 0 Å². The van der Waals surface area contributed by atoms with Crippen LogP contribution in [0.1, 0.15) is 59.3 Å². The second kappa shape index (κ2) is 8.54. The Morgan fingerprint density at radius 1 is 1.21 bits per heavy atom. The number of rotatable bonds is 6. The van der Waals surface area contributed by atoms with Crippen molar-refractivity contribution >= 4 is 5.91 Å². The summed E-state index contributed by atoms with van der Waals surface area (Å²) in [6, 6.07) is -0.187. The molecule has 0 aromatic heterocycles. The Kier molecular flexibility index (Phi) is 7.39. The lowest BCUT2D eigenvalue weighted by atomic mass is 10.1. The van der Waals surface area contributed by atoms with E-state index in [-0.39, 0.29) is 30.6 Å². The quantitative estimate of drug-likeness (QED) is 0.728. The van der Waals surface area contributed by atoms with E-state index in [1.54, 1.807) is 6.92 Å². The van der Waals surface area contributed by atoms with Crippen LogP contribution >= 0.6 is 0 Å². The molecule has 19 heavy (non-hydrogen) atoms. The summed E-state index contributed by atoms with van der Waals surface area (Å²) in [6.45, 7) is 5.74. The summed E-state index contributed by atoms with van der Waals surface area (Å²) in [4.78, 5) is 12.0. The molecule has 4 nitrogen and oxygen atoms in total. The molecule has 1 unspecified atom stereocenters. The van der Waals surface area contributed by atoms with Crippen LogP contribution in [0.5, 0.6) is 0 Å². The van der Waals surface area contributed by atoms with E-state index in [1.165, 1.54) is 25.7 Å². The van der Waals surface area contributed by atoms with Gasteiger partial charge in [0.2, 0.25) is 5.91 Å². The van der Waals surface area contributed by atoms with E-state index in [9.17, 15) is 9.90 Å². The summed E-state index contributed by atoms with van der Waals surface area (Å²) in [6.07, 6.45) is 6.86. The van der Waals surface area contributed by atoms with E-state index in [1.807, 2.05) is 13.8 Å². The van der Waals surface area contributed by atoms with Gasteiger partial charge in [-0.3, -0.25) is 4.79 Å². The van der Waals surface area contributed by atoms with Gasteiger partial charge in [-0.15, -0.1) is 0 Å². The standard InChI is InChI=1S/C15H29NO3/c1-11(2)14(10-17)16-15(18)12(3)19-13-8-6-4-5-7-9-13/h11-14,17H,4-10H2,1-3H3,(H,16,18)/t12?,14-/m1/s1. The minimum atomic E-state index is -0.434. The van der Waals surface area contributed by atoms with Crippen molar-refractivity contribution in [2.24, 2.45) is 5.92 Å². The maximum Gasteiger partial charge on any atom is 0.249 e. The maximum atomic E-state index is 12.0. The van der Waals surface area contributed by atoms with Crippen LogP contribution in [-0.2, 0) is 9.53 Å². The number of hydrogen-bond donors (Lipinski definition) is 2. The van der Waals surface area contributed by atoms with Crippen LogP contribution in [0.15, 0.2) is 0 Å². The fourth-order valence-corrected chi connectivity index (χ4v) is 2.45. The number of ether oxygens (including phenoxy) is 1. The van der Waals surface area contributed by atoms with Crippen LogP contribution in [0.3, 0.4) is 0 Å². The zero-order valence-corrected chi connectivity index (χ0v) is 12.5. The first kappa shape index (κ1) is 16.4. The molecule has 2 N–H and O–H groups in total. The summed E-state index contributed by atoms with van der Waals surface area (Å²) >= 11 is 0. The van der Waals surface area contributed by atoms with E-state index in [2.05, 4.69) is 5.32 Å². The molecule has 0 radical (unpaired) electrons. The normalized spacial score (nSPS) is 20.9. The molecule has 2 atom stereocenters. The van der Waals surface area contributed by atoms with Crippen molar-refractivity contribution < 1.29 is 14.6 Å². The third-order valence-corrected chi connectivity index (χ3v) is 3.90. The van der Waals surface area contributed by atoms with Crippen LogP contribution in [0, 0.1) is 5.92 Å². The largest absolute Gasteiger partial charge is 0.394 e. The highest BCUT2D eigenvalue weighted by molar-refractivity contribution is 5.80. The fourth-order valence-electron chi connectivity index (χ4n) is 2.45. The lowest BCUT2D eigenvalue weighted by Gasteiger charge is -2.25. The number of carbonyl (C=O) groups is 1. The number of nitrogens with one attached hydrogen (secondary N) is 1. The number of hydrogen-bond acceptors (Lipinski definition) is 3. The number of carbonyl (C=O) groups excluding carboxylic acids is 1. The van der Waals surface area contributed by atoms with Crippen LogP contribution in [0.2, 0.25) is 0 Å². The molecule has 1 aliphatic carbocycles. The summed E-state index contributed by atoms with van der Waals surface area (Å²) in [5, 5.41) is 12.1. The molecule has 0 heterocycles. The zero-order valence-electron chi connectivity index (χ0n) is 12.5. The third-order valence-electron chi connectivity index (χ3n) is 3.90. The number of aliphatic hydroxyl groups excluding tert-OH is 1. The molecule has 1 rings (SSSR count). The van der Waals surface area contributed by atoms with Crippen molar-refractivity contribution in [1.82, 2.24) is 5.32 Å². The highest BCUT2D eigenvalue weighted by atomic mass is 16.5. The van der Waals surface area contributed by atoms with Crippen molar-refractivity contribution in [3.63, 3.8) is 0 Å². The molecule has 0 aromatic carbocycles. The van der Waals surface area contributed by atoms with Gasteiger partial charge in [-0.05, 0) is 25.7 Å². The van der Waals surface area contributed by atoms with Gasteiger partial charge in [-0.1, -0.05) is 39.5 Å². The Balaban J connectivity index is 2.38. The molecule has 0 saturated heterocycles. The van der Waals surface area contributed by atoms with Crippen molar-refractivity contribution in [3.05, 3.63) is 0 Å². The van der Waals surface area contributed by atoms with Crippen LogP contribution < -0.4 is 5.32 Å². The van der Waals surface area contributed by atoms with Gasteiger partial charge in [0, 0.05) is 0 Å². The minimum Gasteiger partial charge on any atom is -0.394 e. The molecular formula is C15H29NO3. The fraction of sp³-hybridized carbons (Fsp3) is 0.933. The van der Waals surface area contributed by atoms with E-state index in [4.69, 9.17) is 4.74 Å². The van der Waals surface area contributed by atoms with Gasteiger partial charge in [-0.2, -0.15) is 0 Å². The summed E-state index contributed by atoms with van der Waals surface area (Å²) in [5.74, 6) is 0.107. The first-order chi connectivity index (χ1) is 9.04. The topological polar surface area (TPSA) is 58.6 Å². The van der Waals surface area contributed by atoms with Gasteiger partial charge in [0.15, 0.2) is 0 Å². The lowest BCUT2D eigenvalue weighted by Crippen LogP contribution is -2.46.